The van der Waals surface area contributed by atoms with Crippen LogP contribution in [0.1, 0.15) is 43.6 Å². The minimum atomic E-state index is -0.0591. The lowest BCUT2D eigenvalue weighted by Crippen LogP contribution is -2.16. The topological polar surface area (TPSA) is 69.0 Å². The normalized spacial score (nSPS) is 11.0. The Morgan fingerprint density at radius 1 is 1.13 bits per heavy atom. The Labute approximate surface area is 182 Å². The lowest BCUT2D eigenvalue weighted by atomic mass is 10.0. The predicted molar refractivity (Wildman–Crippen MR) is 121 cm³/mol. The predicted octanol–water partition coefficient (Wildman–Crippen LogP) is 5.04. The quantitative estimate of drug-likeness (QED) is 0.487. The molecule has 0 spiro atoms. The van der Waals surface area contributed by atoms with Crippen LogP contribution in [0.15, 0.2) is 53.7 Å². The summed E-state index contributed by atoms with van der Waals surface area (Å²) in [5, 5.41) is 12.2. The van der Waals surface area contributed by atoms with Gasteiger partial charge in [0.1, 0.15) is 12.4 Å². The number of nitrogens with one attached hydrogen (secondary N) is 1. The minimum absolute atomic E-state index is 0.0591. The summed E-state index contributed by atoms with van der Waals surface area (Å²) < 4.78 is 7.81. The molecule has 7 heteroatoms. The molecule has 0 bridgehead atoms. The number of nitrogens with zero attached hydrogens (tertiary/aromatic N) is 3. The van der Waals surface area contributed by atoms with E-state index in [2.05, 4.69) is 29.4 Å². The van der Waals surface area contributed by atoms with Crippen molar-refractivity contribution in [1.29, 1.82) is 0 Å². The fraction of sp³-hybridized carbons (Fsp3) is 0.348. The van der Waals surface area contributed by atoms with Crippen LogP contribution in [-0.2, 0) is 17.9 Å². The number of anilines is 1. The Morgan fingerprint density at radius 3 is 2.57 bits per heavy atom. The standard InChI is InChI=1S/C23H28N4O2S/c1-5-27-21(14-29-18-12-10-17(4)11-13-18)25-26-23(27)30-15-22(28)24-20-9-7-6-8-19(20)16(2)3/h6-13,16H,5,14-15H2,1-4H3,(H,24,28). The summed E-state index contributed by atoms with van der Waals surface area (Å²) in [6.07, 6.45) is 0. The molecule has 1 heterocycles. The lowest BCUT2D eigenvalue weighted by Gasteiger charge is -2.13. The second kappa shape index (κ2) is 10.3. The van der Waals surface area contributed by atoms with Gasteiger partial charge < -0.3 is 14.6 Å². The second-order valence-electron chi connectivity index (χ2n) is 7.32. The number of thioether (sulfide) groups is 1. The minimum Gasteiger partial charge on any atom is -0.486 e. The van der Waals surface area contributed by atoms with E-state index >= 15 is 0 Å². The number of carbonyl (C=O) groups excluding carboxylic acids is 1. The van der Waals surface area contributed by atoms with Crippen LogP contribution in [0.2, 0.25) is 0 Å². The van der Waals surface area contributed by atoms with Crippen molar-refractivity contribution in [2.45, 2.75) is 51.9 Å². The van der Waals surface area contributed by atoms with Gasteiger partial charge in [-0.25, -0.2) is 0 Å². The molecule has 158 valence electrons. The maximum Gasteiger partial charge on any atom is 0.234 e. The van der Waals surface area contributed by atoms with E-state index in [1.807, 2.05) is 66.9 Å². The van der Waals surface area contributed by atoms with Crippen LogP contribution in [0.5, 0.6) is 5.75 Å². The zero-order chi connectivity index (χ0) is 21.5. The van der Waals surface area contributed by atoms with Gasteiger partial charge in [-0.05, 0) is 43.5 Å². The molecule has 0 atom stereocenters. The molecule has 1 aromatic heterocycles. The fourth-order valence-corrected chi connectivity index (χ4v) is 3.88. The molecule has 0 aliphatic heterocycles. The molecule has 3 aromatic rings. The van der Waals surface area contributed by atoms with Gasteiger partial charge in [-0.3, -0.25) is 4.79 Å². The molecule has 0 aliphatic rings. The Hall–Kier alpha value is -2.80. The number of hydrogen-bond donors (Lipinski definition) is 1. The van der Waals surface area contributed by atoms with E-state index in [-0.39, 0.29) is 11.7 Å². The molecule has 0 radical (unpaired) electrons. The number of aryl methyl sites for hydroxylation is 1. The van der Waals surface area contributed by atoms with Gasteiger partial charge in [0.25, 0.3) is 0 Å². The summed E-state index contributed by atoms with van der Waals surface area (Å²) in [5.74, 6) is 2.09. The molecule has 3 rings (SSSR count). The summed E-state index contributed by atoms with van der Waals surface area (Å²) in [7, 11) is 0. The van der Waals surface area contributed by atoms with Gasteiger partial charge in [0, 0.05) is 12.2 Å². The van der Waals surface area contributed by atoms with E-state index in [9.17, 15) is 4.79 Å². The molecule has 0 fully saturated rings. The van der Waals surface area contributed by atoms with Gasteiger partial charge in [0.15, 0.2) is 11.0 Å². The van der Waals surface area contributed by atoms with Crippen LogP contribution in [-0.4, -0.2) is 26.4 Å². The molecule has 1 amide bonds. The highest BCUT2D eigenvalue weighted by molar-refractivity contribution is 7.99. The number of hydrogen-bond acceptors (Lipinski definition) is 5. The number of aromatic nitrogens is 3. The number of benzene rings is 2. The highest BCUT2D eigenvalue weighted by Crippen LogP contribution is 2.24. The van der Waals surface area contributed by atoms with Crippen molar-refractivity contribution in [2.24, 2.45) is 0 Å². The summed E-state index contributed by atoms with van der Waals surface area (Å²) in [6, 6.07) is 15.8. The first kappa shape index (κ1) is 21.9. The monoisotopic (exact) mass is 424 g/mol. The lowest BCUT2D eigenvalue weighted by molar-refractivity contribution is -0.113. The van der Waals surface area contributed by atoms with E-state index in [0.717, 1.165) is 22.8 Å². The van der Waals surface area contributed by atoms with Crippen LogP contribution < -0.4 is 10.1 Å². The summed E-state index contributed by atoms with van der Waals surface area (Å²) >= 11 is 1.38. The van der Waals surface area contributed by atoms with Gasteiger partial charge in [-0.15, -0.1) is 10.2 Å². The fourth-order valence-electron chi connectivity index (χ4n) is 3.06. The van der Waals surface area contributed by atoms with E-state index in [1.165, 1.54) is 17.3 Å². The first-order valence-corrected chi connectivity index (χ1v) is 11.1. The van der Waals surface area contributed by atoms with Gasteiger partial charge in [0.2, 0.25) is 5.91 Å². The van der Waals surface area contributed by atoms with Crippen LogP contribution >= 0.6 is 11.8 Å². The Balaban J connectivity index is 1.59. The van der Waals surface area contributed by atoms with Crippen molar-refractivity contribution in [3.8, 4) is 5.75 Å². The van der Waals surface area contributed by atoms with Gasteiger partial charge in [-0.1, -0.05) is 61.5 Å². The number of rotatable bonds is 9. The van der Waals surface area contributed by atoms with Crippen molar-refractivity contribution < 1.29 is 9.53 Å². The van der Waals surface area contributed by atoms with E-state index in [1.54, 1.807) is 0 Å². The molecule has 1 N–H and O–H groups in total. The van der Waals surface area contributed by atoms with Crippen LogP contribution in [0, 0.1) is 6.92 Å². The van der Waals surface area contributed by atoms with Gasteiger partial charge in [-0.2, -0.15) is 0 Å². The smallest absolute Gasteiger partial charge is 0.234 e. The SMILES string of the molecule is CCn1c(COc2ccc(C)cc2)nnc1SCC(=O)Nc1ccccc1C(C)C. The zero-order valence-corrected chi connectivity index (χ0v) is 18.7. The Bertz CT molecular complexity index is 983. The molecule has 0 saturated heterocycles. The van der Waals surface area contributed by atoms with Crippen molar-refractivity contribution in [2.75, 3.05) is 11.1 Å². The van der Waals surface area contributed by atoms with E-state index in [0.29, 0.717) is 24.2 Å². The van der Waals surface area contributed by atoms with Crippen molar-refractivity contribution in [3.05, 3.63) is 65.5 Å². The van der Waals surface area contributed by atoms with E-state index in [4.69, 9.17) is 4.74 Å². The summed E-state index contributed by atoms with van der Waals surface area (Å²) in [4.78, 5) is 12.5. The largest absolute Gasteiger partial charge is 0.486 e. The maximum absolute atomic E-state index is 12.5. The number of amides is 1. The summed E-state index contributed by atoms with van der Waals surface area (Å²) in [5.41, 5.74) is 3.18. The Morgan fingerprint density at radius 2 is 1.87 bits per heavy atom. The molecule has 0 unspecified atom stereocenters. The first-order chi connectivity index (χ1) is 14.5. The third-order valence-electron chi connectivity index (χ3n) is 4.69. The maximum atomic E-state index is 12.5. The summed E-state index contributed by atoms with van der Waals surface area (Å²) in [6.45, 7) is 9.34. The van der Waals surface area contributed by atoms with E-state index < -0.39 is 0 Å². The second-order valence-corrected chi connectivity index (χ2v) is 8.27. The van der Waals surface area contributed by atoms with Gasteiger partial charge >= 0.3 is 0 Å². The molecule has 2 aromatic carbocycles. The van der Waals surface area contributed by atoms with Crippen molar-refractivity contribution in [1.82, 2.24) is 14.8 Å². The average Bonchev–Trinajstić information content (AvgIpc) is 3.14. The third-order valence-corrected chi connectivity index (χ3v) is 5.65. The Kier molecular flexibility index (Phi) is 7.52. The highest BCUT2D eigenvalue weighted by Gasteiger charge is 2.15. The van der Waals surface area contributed by atoms with Crippen molar-refractivity contribution >= 4 is 23.4 Å². The number of para-hydroxylation sites is 1. The highest BCUT2D eigenvalue weighted by atomic mass is 32.2. The average molecular weight is 425 g/mol. The first-order valence-electron chi connectivity index (χ1n) is 10.1. The number of ether oxygens (including phenoxy) is 1. The van der Waals surface area contributed by atoms with Crippen LogP contribution in [0.4, 0.5) is 5.69 Å². The molecule has 0 aliphatic carbocycles. The van der Waals surface area contributed by atoms with Gasteiger partial charge in [0.05, 0.1) is 5.75 Å². The van der Waals surface area contributed by atoms with Crippen LogP contribution in [0.3, 0.4) is 0 Å². The zero-order valence-electron chi connectivity index (χ0n) is 17.9. The molecular weight excluding hydrogens is 396 g/mol. The molecule has 6 nitrogen and oxygen atoms in total. The third kappa shape index (κ3) is 5.63. The van der Waals surface area contributed by atoms with Crippen molar-refractivity contribution in [3.63, 3.8) is 0 Å². The number of carbonyl (C=O) groups is 1. The molecule has 30 heavy (non-hydrogen) atoms. The molecule has 0 saturated carbocycles. The van der Waals surface area contributed by atoms with Crippen LogP contribution in [0.25, 0.3) is 0 Å². The molecular formula is C23H28N4O2S.